The molecule has 0 aliphatic carbocycles. The molecule has 1 fully saturated rings. The lowest BCUT2D eigenvalue weighted by atomic mass is 10.0. The Balaban J connectivity index is 1.70. The van der Waals surface area contributed by atoms with Gasteiger partial charge in [-0.2, -0.15) is 5.10 Å². The number of amidine groups is 1. The molecule has 1 atom stereocenters. The van der Waals surface area contributed by atoms with Crippen LogP contribution in [0.25, 0.3) is 16.9 Å². The lowest BCUT2D eigenvalue weighted by molar-refractivity contribution is -0.0418. The van der Waals surface area contributed by atoms with Crippen LogP contribution in [0.2, 0.25) is 0 Å². The van der Waals surface area contributed by atoms with Crippen molar-refractivity contribution in [2.24, 2.45) is 10.8 Å². The highest BCUT2D eigenvalue weighted by Gasteiger charge is 2.31. The monoisotopic (exact) mass is 542 g/mol. The molecule has 0 unspecified atom stereocenters. The van der Waals surface area contributed by atoms with E-state index in [-0.39, 0.29) is 42.2 Å². The summed E-state index contributed by atoms with van der Waals surface area (Å²) in [6.45, 7) is 9.60. The Bertz CT molecular complexity index is 1420. The fourth-order valence-electron chi connectivity index (χ4n) is 4.28. The Labute approximate surface area is 224 Å². The second kappa shape index (κ2) is 11.0. The van der Waals surface area contributed by atoms with Gasteiger partial charge in [-0.15, -0.1) is 0 Å². The van der Waals surface area contributed by atoms with E-state index in [4.69, 9.17) is 15.2 Å². The van der Waals surface area contributed by atoms with Gasteiger partial charge in [0.25, 0.3) is 5.91 Å². The van der Waals surface area contributed by atoms with Crippen LogP contribution in [-0.4, -0.2) is 63.5 Å². The molecule has 39 heavy (non-hydrogen) atoms. The van der Waals surface area contributed by atoms with Gasteiger partial charge in [0.1, 0.15) is 28.7 Å². The number of fused-ring (bicyclic) bond motifs is 1. The molecule has 3 N–H and O–H groups in total. The van der Waals surface area contributed by atoms with Crippen molar-refractivity contribution < 1.29 is 27.8 Å². The minimum absolute atomic E-state index is 0.0800. The first kappa shape index (κ1) is 28.0. The van der Waals surface area contributed by atoms with Gasteiger partial charge in [0.15, 0.2) is 0 Å². The molecule has 3 aromatic rings. The summed E-state index contributed by atoms with van der Waals surface area (Å²) in [7, 11) is 0. The van der Waals surface area contributed by atoms with Crippen LogP contribution in [0.5, 0.6) is 0 Å². The first-order valence-electron chi connectivity index (χ1n) is 12.5. The van der Waals surface area contributed by atoms with Crippen LogP contribution < -0.4 is 11.2 Å². The molecule has 4 rings (SSSR count). The number of nitrogens with one attached hydrogen (secondary N) is 1. The van der Waals surface area contributed by atoms with Gasteiger partial charge in [-0.25, -0.2) is 24.0 Å². The summed E-state index contributed by atoms with van der Waals surface area (Å²) in [6.07, 6.45) is 1.06. The number of morpholine rings is 1. The zero-order valence-electron chi connectivity index (χ0n) is 22.5. The molecule has 0 spiro atoms. The Morgan fingerprint density at radius 2 is 1.95 bits per heavy atom. The number of pyridine rings is 1. The molecule has 3 heterocycles. The predicted molar refractivity (Wildman–Crippen MR) is 141 cm³/mol. The maximum absolute atomic E-state index is 15.4. The van der Waals surface area contributed by atoms with E-state index >= 15 is 8.78 Å². The molecule has 0 bridgehead atoms. The SMILES string of the molecule is C/C(N)=N/NC(=O)c1cc(F)c(-c2nc3cc(C)ccn3c2C[C@H]2CN(C(=O)OC(C)(C)C)CCO2)c(F)c1. The van der Waals surface area contributed by atoms with Gasteiger partial charge in [-0.3, -0.25) is 4.79 Å². The molecule has 2 amide bonds. The fourth-order valence-corrected chi connectivity index (χ4v) is 4.28. The van der Waals surface area contributed by atoms with Gasteiger partial charge in [-0.05, 0) is 64.4 Å². The average Bonchev–Trinajstić information content (AvgIpc) is 3.17. The number of amides is 2. The molecule has 12 heteroatoms. The number of hydrazone groups is 1. The van der Waals surface area contributed by atoms with E-state index < -0.39 is 35.3 Å². The highest BCUT2D eigenvalue weighted by atomic mass is 19.1. The quantitative estimate of drug-likeness (QED) is 0.287. The van der Waals surface area contributed by atoms with Gasteiger partial charge in [-0.1, -0.05) is 0 Å². The summed E-state index contributed by atoms with van der Waals surface area (Å²) in [5.74, 6) is -2.65. The second-order valence-corrected chi connectivity index (χ2v) is 10.5. The summed E-state index contributed by atoms with van der Waals surface area (Å²) < 4.78 is 44.0. The van der Waals surface area contributed by atoms with E-state index in [1.807, 2.05) is 13.0 Å². The lowest BCUT2D eigenvalue weighted by Gasteiger charge is -2.34. The molecule has 1 saturated heterocycles. The van der Waals surface area contributed by atoms with Crippen molar-refractivity contribution in [1.29, 1.82) is 0 Å². The number of nitrogens with zero attached hydrogens (tertiary/aromatic N) is 4. The third-order valence-corrected chi connectivity index (χ3v) is 5.97. The number of carbonyl (C=O) groups excluding carboxylic acids is 2. The normalized spacial score (nSPS) is 16.4. The molecular formula is C27H32F2N6O4. The van der Waals surface area contributed by atoms with Crippen LogP contribution in [0.3, 0.4) is 0 Å². The summed E-state index contributed by atoms with van der Waals surface area (Å²) in [5, 5.41) is 3.58. The highest BCUT2D eigenvalue weighted by molar-refractivity contribution is 5.95. The van der Waals surface area contributed by atoms with E-state index in [9.17, 15) is 9.59 Å². The van der Waals surface area contributed by atoms with Crippen molar-refractivity contribution in [3.8, 4) is 11.3 Å². The van der Waals surface area contributed by atoms with E-state index in [0.717, 1.165) is 17.7 Å². The predicted octanol–water partition coefficient (Wildman–Crippen LogP) is 3.79. The molecule has 208 valence electrons. The van der Waals surface area contributed by atoms with Gasteiger partial charge < -0.3 is 24.5 Å². The van der Waals surface area contributed by atoms with Crippen molar-refractivity contribution >= 4 is 23.5 Å². The molecule has 1 aliphatic rings. The van der Waals surface area contributed by atoms with Crippen LogP contribution in [0.15, 0.2) is 35.6 Å². The summed E-state index contributed by atoms with van der Waals surface area (Å²) in [4.78, 5) is 31.1. The molecular weight excluding hydrogens is 510 g/mol. The fraction of sp³-hybridized carbons (Fsp3) is 0.407. The van der Waals surface area contributed by atoms with Crippen LogP contribution in [-0.2, 0) is 15.9 Å². The minimum atomic E-state index is -0.963. The molecule has 2 aromatic heterocycles. The zero-order valence-corrected chi connectivity index (χ0v) is 22.5. The molecule has 0 radical (unpaired) electrons. The zero-order chi connectivity index (χ0) is 28.5. The number of halogens is 2. The number of aryl methyl sites for hydroxylation is 1. The first-order valence-corrected chi connectivity index (χ1v) is 12.5. The molecule has 1 aromatic carbocycles. The van der Waals surface area contributed by atoms with Crippen molar-refractivity contribution in [3.63, 3.8) is 0 Å². The number of hydrogen-bond donors (Lipinski definition) is 2. The smallest absolute Gasteiger partial charge is 0.410 e. The number of aromatic nitrogens is 2. The average molecular weight is 543 g/mol. The van der Waals surface area contributed by atoms with Crippen molar-refractivity contribution in [3.05, 3.63) is 58.9 Å². The van der Waals surface area contributed by atoms with Crippen LogP contribution in [0.4, 0.5) is 13.6 Å². The minimum Gasteiger partial charge on any atom is -0.444 e. The lowest BCUT2D eigenvalue weighted by Crippen LogP contribution is -2.48. The van der Waals surface area contributed by atoms with E-state index in [0.29, 0.717) is 17.9 Å². The number of ether oxygens (including phenoxy) is 2. The topological polar surface area (TPSA) is 124 Å². The third kappa shape index (κ3) is 6.51. The van der Waals surface area contributed by atoms with Crippen LogP contribution in [0.1, 0.15) is 49.3 Å². The number of rotatable bonds is 5. The summed E-state index contributed by atoms with van der Waals surface area (Å²) in [5.41, 5.74) is 8.26. The number of nitrogens with two attached hydrogens (primary N) is 1. The largest absolute Gasteiger partial charge is 0.444 e. The second-order valence-electron chi connectivity index (χ2n) is 10.5. The number of hydrogen-bond acceptors (Lipinski definition) is 6. The van der Waals surface area contributed by atoms with Crippen LogP contribution in [0, 0.1) is 18.6 Å². The Kier molecular flexibility index (Phi) is 7.86. The molecule has 10 nitrogen and oxygen atoms in total. The molecule has 1 aliphatic heterocycles. The maximum Gasteiger partial charge on any atom is 0.410 e. The summed E-state index contributed by atoms with van der Waals surface area (Å²) in [6, 6.07) is 5.51. The van der Waals surface area contributed by atoms with Gasteiger partial charge >= 0.3 is 6.09 Å². The van der Waals surface area contributed by atoms with Crippen molar-refractivity contribution in [2.75, 3.05) is 19.7 Å². The number of benzene rings is 1. The van der Waals surface area contributed by atoms with Gasteiger partial charge in [0, 0.05) is 24.7 Å². The van der Waals surface area contributed by atoms with E-state index in [2.05, 4.69) is 15.5 Å². The van der Waals surface area contributed by atoms with Gasteiger partial charge in [0.05, 0.1) is 36.2 Å². The van der Waals surface area contributed by atoms with E-state index in [1.54, 1.807) is 42.3 Å². The highest BCUT2D eigenvalue weighted by Crippen LogP contribution is 2.32. The van der Waals surface area contributed by atoms with E-state index in [1.165, 1.54) is 6.92 Å². The number of carbonyl (C=O) groups is 2. The van der Waals surface area contributed by atoms with Crippen molar-refractivity contribution in [2.45, 2.75) is 52.7 Å². The standard InChI is InChI=1S/C27H32F2N6O4/c1-15-6-7-35-21(13-18-14-34(8-9-38-18)26(37)39-27(3,4)5)24(31-22(35)10-15)23-19(28)11-17(12-20(23)29)25(36)33-32-16(2)30/h6-7,10-12,18H,8-9,13-14H2,1-5H3,(H2,30,32)(H,33,36)/t18-/m0/s1. The van der Waals surface area contributed by atoms with Crippen molar-refractivity contribution in [1.82, 2.24) is 19.7 Å². The van der Waals surface area contributed by atoms with Crippen LogP contribution >= 0.6 is 0 Å². The first-order chi connectivity index (χ1) is 18.3. The Hall–Kier alpha value is -4.06. The maximum atomic E-state index is 15.4. The molecule has 0 saturated carbocycles. The van der Waals surface area contributed by atoms with Gasteiger partial charge in [0.2, 0.25) is 0 Å². The number of imidazole rings is 1. The summed E-state index contributed by atoms with van der Waals surface area (Å²) >= 11 is 0. The Morgan fingerprint density at radius 1 is 1.26 bits per heavy atom. The Morgan fingerprint density at radius 3 is 2.59 bits per heavy atom. The third-order valence-electron chi connectivity index (χ3n) is 5.97.